The molecule has 156 valence electrons. The molecule has 0 spiro atoms. The molecule has 0 fully saturated rings. The monoisotopic (exact) mass is 473 g/mol. The van der Waals surface area contributed by atoms with Crippen LogP contribution in [0.5, 0.6) is 11.5 Å². The Labute approximate surface area is 181 Å². The standard InChI is InChI=1S/C21H20BrN3O5/c1-4-18-24-16-9-8-14(22)10-15(16)21(27)25(18)23-11-13-6-5-7-17(28-2)20(13)30-12-19(26)29-3/h5-11H,4,12H2,1-3H3. The Bertz CT molecular complexity index is 1170. The molecule has 0 saturated heterocycles. The number of nitrogens with zero attached hydrogens (tertiary/aromatic N) is 3. The molecule has 0 aliphatic rings. The van der Waals surface area contributed by atoms with E-state index < -0.39 is 5.97 Å². The molecule has 0 bridgehead atoms. The van der Waals surface area contributed by atoms with Gasteiger partial charge >= 0.3 is 5.97 Å². The van der Waals surface area contributed by atoms with E-state index in [0.29, 0.717) is 40.2 Å². The third-order valence-electron chi connectivity index (χ3n) is 4.30. The molecule has 0 amide bonds. The Morgan fingerprint density at radius 3 is 2.77 bits per heavy atom. The predicted octanol–water partition coefficient (Wildman–Crippen LogP) is 3.16. The number of para-hydroxylation sites is 1. The van der Waals surface area contributed by atoms with Gasteiger partial charge in [0.15, 0.2) is 18.1 Å². The quantitative estimate of drug-likeness (QED) is 0.386. The number of hydrogen-bond acceptors (Lipinski definition) is 7. The summed E-state index contributed by atoms with van der Waals surface area (Å²) in [7, 11) is 2.77. The highest BCUT2D eigenvalue weighted by Gasteiger charge is 2.13. The van der Waals surface area contributed by atoms with Gasteiger partial charge in [0.05, 0.1) is 31.3 Å². The SMILES string of the molecule is CCc1nc2ccc(Br)cc2c(=O)n1N=Cc1cccc(OC)c1OCC(=O)OC. The zero-order chi connectivity index (χ0) is 21.7. The summed E-state index contributed by atoms with van der Waals surface area (Å²) in [6.07, 6.45) is 1.99. The Hall–Kier alpha value is -3.20. The maximum Gasteiger partial charge on any atom is 0.343 e. The number of carbonyl (C=O) groups is 1. The van der Waals surface area contributed by atoms with E-state index in [0.717, 1.165) is 4.47 Å². The van der Waals surface area contributed by atoms with E-state index in [2.05, 4.69) is 30.8 Å². The van der Waals surface area contributed by atoms with Gasteiger partial charge in [0.1, 0.15) is 5.82 Å². The number of fused-ring (bicyclic) bond motifs is 1. The molecule has 0 aliphatic heterocycles. The summed E-state index contributed by atoms with van der Waals surface area (Å²) in [4.78, 5) is 29.0. The number of esters is 1. The molecule has 0 radical (unpaired) electrons. The Morgan fingerprint density at radius 2 is 2.07 bits per heavy atom. The molecule has 0 atom stereocenters. The first-order chi connectivity index (χ1) is 14.5. The lowest BCUT2D eigenvalue weighted by Crippen LogP contribution is -2.22. The Morgan fingerprint density at radius 1 is 1.27 bits per heavy atom. The van der Waals surface area contributed by atoms with E-state index in [9.17, 15) is 9.59 Å². The fourth-order valence-electron chi connectivity index (χ4n) is 2.80. The number of aromatic nitrogens is 2. The molecule has 8 nitrogen and oxygen atoms in total. The molecule has 3 rings (SSSR count). The Balaban J connectivity index is 2.07. The number of benzene rings is 2. The number of methoxy groups -OCH3 is 2. The first kappa shape index (κ1) is 21.5. The van der Waals surface area contributed by atoms with Gasteiger partial charge in [0.25, 0.3) is 5.56 Å². The van der Waals surface area contributed by atoms with Crippen LogP contribution in [0.4, 0.5) is 0 Å². The van der Waals surface area contributed by atoms with Crippen molar-refractivity contribution in [2.45, 2.75) is 13.3 Å². The summed E-state index contributed by atoms with van der Waals surface area (Å²) >= 11 is 3.38. The minimum atomic E-state index is -0.530. The maximum atomic E-state index is 13.0. The average molecular weight is 474 g/mol. The van der Waals surface area contributed by atoms with Crippen LogP contribution < -0.4 is 15.0 Å². The van der Waals surface area contributed by atoms with Gasteiger partial charge in [-0.25, -0.2) is 9.78 Å². The lowest BCUT2D eigenvalue weighted by Gasteiger charge is -2.12. The summed E-state index contributed by atoms with van der Waals surface area (Å²) < 4.78 is 17.5. The molecular formula is C21H20BrN3O5. The minimum absolute atomic E-state index is 0.283. The number of hydrogen-bond donors (Lipinski definition) is 0. The first-order valence-corrected chi connectivity index (χ1v) is 9.90. The van der Waals surface area contributed by atoms with Gasteiger partial charge in [0.2, 0.25) is 0 Å². The number of carbonyl (C=O) groups excluding carboxylic acids is 1. The van der Waals surface area contributed by atoms with Crippen LogP contribution in [-0.2, 0) is 16.0 Å². The number of halogens is 1. The van der Waals surface area contributed by atoms with Gasteiger partial charge in [-0.15, -0.1) is 0 Å². The van der Waals surface area contributed by atoms with E-state index in [1.165, 1.54) is 25.1 Å². The Kier molecular flexibility index (Phi) is 6.83. The summed E-state index contributed by atoms with van der Waals surface area (Å²) in [6.45, 7) is 1.61. The summed E-state index contributed by atoms with van der Waals surface area (Å²) in [5.74, 6) is 0.729. The van der Waals surface area contributed by atoms with Crippen LogP contribution in [-0.4, -0.2) is 42.7 Å². The molecule has 1 heterocycles. The highest BCUT2D eigenvalue weighted by atomic mass is 79.9. The van der Waals surface area contributed by atoms with Gasteiger partial charge in [-0.3, -0.25) is 4.79 Å². The van der Waals surface area contributed by atoms with Crippen molar-refractivity contribution in [2.75, 3.05) is 20.8 Å². The van der Waals surface area contributed by atoms with Crippen molar-refractivity contribution in [2.24, 2.45) is 5.10 Å². The third-order valence-corrected chi connectivity index (χ3v) is 4.79. The number of ether oxygens (including phenoxy) is 3. The van der Waals surface area contributed by atoms with Gasteiger partial charge in [-0.2, -0.15) is 9.78 Å². The topological polar surface area (TPSA) is 92.0 Å². The molecule has 2 aromatic carbocycles. The maximum absolute atomic E-state index is 13.0. The average Bonchev–Trinajstić information content (AvgIpc) is 2.77. The van der Waals surface area contributed by atoms with Crippen molar-refractivity contribution in [1.29, 1.82) is 0 Å². The van der Waals surface area contributed by atoms with Crippen LogP contribution in [0.25, 0.3) is 10.9 Å². The van der Waals surface area contributed by atoms with Gasteiger partial charge < -0.3 is 14.2 Å². The van der Waals surface area contributed by atoms with Crippen LogP contribution in [0.3, 0.4) is 0 Å². The van der Waals surface area contributed by atoms with Gasteiger partial charge in [-0.1, -0.05) is 28.9 Å². The lowest BCUT2D eigenvalue weighted by molar-refractivity contribution is -0.142. The van der Waals surface area contributed by atoms with E-state index in [-0.39, 0.29) is 12.2 Å². The van der Waals surface area contributed by atoms with E-state index in [1.54, 1.807) is 30.3 Å². The van der Waals surface area contributed by atoms with Crippen molar-refractivity contribution >= 4 is 39.0 Å². The molecule has 9 heteroatoms. The molecule has 0 unspecified atom stereocenters. The van der Waals surface area contributed by atoms with Crippen LogP contribution >= 0.6 is 15.9 Å². The number of aryl methyl sites for hydroxylation is 1. The van der Waals surface area contributed by atoms with Crippen LogP contribution in [0.1, 0.15) is 18.3 Å². The molecule has 0 N–H and O–H groups in total. The van der Waals surface area contributed by atoms with E-state index in [4.69, 9.17) is 9.47 Å². The normalized spacial score (nSPS) is 11.1. The zero-order valence-corrected chi connectivity index (χ0v) is 18.3. The second kappa shape index (κ2) is 9.53. The van der Waals surface area contributed by atoms with Crippen molar-refractivity contribution in [1.82, 2.24) is 9.66 Å². The van der Waals surface area contributed by atoms with Crippen molar-refractivity contribution < 1.29 is 19.0 Å². The second-order valence-electron chi connectivity index (χ2n) is 6.15. The molecule has 30 heavy (non-hydrogen) atoms. The smallest absolute Gasteiger partial charge is 0.343 e. The van der Waals surface area contributed by atoms with Crippen LogP contribution in [0, 0.1) is 0 Å². The second-order valence-corrected chi connectivity index (χ2v) is 7.06. The molecule has 0 aliphatic carbocycles. The highest BCUT2D eigenvalue weighted by molar-refractivity contribution is 9.10. The van der Waals surface area contributed by atoms with E-state index >= 15 is 0 Å². The third kappa shape index (κ3) is 4.51. The summed E-state index contributed by atoms with van der Waals surface area (Å²) in [5, 5.41) is 4.81. The van der Waals surface area contributed by atoms with E-state index in [1.807, 2.05) is 13.0 Å². The van der Waals surface area contributed by atoms with Crippen molar-refractivity contribution in [3.8, 4) is 11.5 Å². The first-order valence-electron chi connectivity index (χ1n) is 9.10. The lowest BCUT2D eigenvalue weighted by atomic mass is 10.2. The minimum Gasteiger partial charge on any atom is -0.493 e. The molecule has 1 aromatic heterocycles. The fourth-order valence-corrected chi connectivity index (χ4v) is 3.16. The summed E-state index contributed by atoms with van der Waals surface area (Å²) in [6, 6.07) is 10.5. The van der Waals surface area contributed by atoms with Gasteiger partial charge in [0, 0.05) is 16.5 Å². The summed E-state index contributed by atoms with van der Waals surface area (Å²) in [5.41, 5.74) is 0.853. The van der Waals surface area contributed by atoms with Crippen molar-refractivity contribution in [3.05, 3.63) is 62.6 Å². The molecular weight excluding hydrogens is 454 g/mol. The molecule has 3 aromatic rings. The van der Waals surface area contributed by atoms with Crippen LogP contribution in [0.15, 0.2) is 50.8 Å². The predicted molar refractivity (Wildman–Crippen MR) is 117 cm³/mol. The largest absolute Gasteiger partial charge is 0.493 e. The number of rotatable bonds is 7. The van der Waals surface area contributed by atoms with Crippen LogP contribution in [0.2, 0.25) is 0 Å². The van der Waals surface area contributed by atoms with Gasteiger partial charge in [-0.05, 0) is 30.3 Å². The highest BCUT2D eigenvalue weighted by Crippen LogP contribution is 2.30. The fraction of sp³-hybridized carbons (Fsp3) is 0.238. The molecule has 0 saturated carbocycles. The zero-order valence-electron chi connectivity index (χ0n) is 16.7. The van der Waals surface area contributed by atoms with Crippen molar-refractivity contribution in [3.63, 3.8) is 0 Å².